The van der Waals surface area contributed by atoms with E-state index in [-0.39, 0.29) is 5.82 Å². The maximum atomic E-state index is 13.6. The van der Waals surface area contributed by atoms with Crippen molar-refractivity contribution in [3.05, 3.63) is 96.3 Å². The molecule has 0 radical (unpaired) electrons. The Morgan fingerprint density at radius 2 is 1.74 bits per heavy atom. The Balaban J connectivity index is 1.94. The molecule has 1 nitrogen and oxygen atoms in total. The summed E-state index contributed by atoms with van der Waals surface area (Å²) in [7, 11) is 0. The maximum absolute atomic E-state index is 13.6. The van der Waals surface area contributed by atoms with Crippen molar-refractivity contribution < 1.29 is 9.13 Å². The van der Waals surface area contributed by atoms with Crippen molar-refractivity contribution in [2.24, 2.45) is 0 Å². The van der Waals surface area contributed by atoms with Crippen LogP contribution < -0.4 is 4.74 Å². The summed E-state index contributed by atoms with van der Waals surface area (Å²) in [5.41, 5.74) is 3.71. The molecule has 0 spiro atoms. The van der Waals surface area contributed by atoms with Crippen molar-refractivity contribution in [1.82, 2.24) is 0 Å². The van der Waals surface area contributed by atoms with Crippen molar-refractivity contribution >= 4 is 6.08 Å². The average molecular weight is 304 g/mol. The predicted molar refractivity (Wildman–Crippen MR) is 92.7 cm³/mol. The molecule has 0 saturated heterocycles. The van der Waals surface area contributed by atoms with Gasteiger partial charge in [0.2, 0.25) is 0 Å². The van der Waals surface area contributed by atoms with Crippen molar-refractivity contribution in [3.8, 4) is 16.9 Å². The van der Waals surface area contributed by atoms with Crippen LogP contribution >= 0.6 is 0 Å². The van der Waals surface area contributed by atoms with Gasteiger partial charge in [-0.15, -0.1) is 0 Å². The molecule has 0 aliphatic carbocycles. The lowest BCUT2D eigenvalue weighted by Gasteiger charge is -2.13. The van der Waals surface area contributed by atoms with Gasteiger partial charge in [0.25, 0.3) is 0 Å². The second kappa shape index (κ2) is 6.93. The Kier molecular flexibility index (Phi) is 4.53. The fourth-order valence-electron chi connectivity index (χ4n) is 2.42. The van der Waals surface area contributed by atoms with Crippen molar-refractivity contribution in [2.45, 2.75) is 6.61 Å². The van der Waals surface area contributed by atoms with Crippen LogP contribution in [0.25, 0.3) is 17.2 Å². The first-order valence-corrected chi connectivity index (χ1v) is 7.45. The molecule has 114 valence electrons. The molecule has 0 N–H and O–H groups in total. The van der Waals surface area contributed by atoms with E-state index in [1.165, 1.54) is 12.1 Å². The molecule has 3 rings (SSSR count). The summed E-state index contributed by atoms with van der Waals surface area (Å²) in [6.45, 7) is 4.26. The van der Waals surface area contributed by atoms with Gasteiger partial charge in [-0.2, -0.15) is 0 Å². The number of benzene rings is 3. The molecule has 0 atom stereocenters. The Hall–Kier alpha value is -2.87. The molecule has 3 aromatic rings. The SMILES string of the molecule is C=Cc1ccc(OCc2ccccc2)c(-c2cccc(F)c2)c1. The predicted octanol–water partition coefficient (Wildman–Crippen LogP) is 5.71. The van der Waals surface area contributed by atoms with Gasteiger partial charge in [-0.1, -0.05) is 61.2 Å². The molecule has 0 saturated carbocycles. The first-order valence-electron chi connectivity index (χ1n) is 7.45. The van der Waals surface area contributed by atoms with Crippen LogP contribution in [-0.2, 0) is 6.61 Å². The summed E-state index contributed by atoms with van der Waals surface area (Å²) in [6.07, 6.45) is 1.77. The fourth-order valence-corrected chi connectivity index (χ4v) is 2.42. The number of rotatable bonds is 5. The second-order valence-electron chi connectivity index (χ2n) is 5.24. The number of halogens is 1. The van der Waals surface area contributed by atoms with Gasteiger partial charge in [0, 0.05) is 5.56 Å². The summed E-state index contributed by atoms with van der Waals surface area (Å²) in [5, 5.41) is 0. The molecule has 0 aliphatic heterocycles. The summed E-state index contributed by atoms with van der Waals surface area (Å²) in [4.78, 5) is 0. The van der Waals surface area contributed by atoms with E-state index in [0.29, 0.717) is 6.61 Å². The van der Waals surface area contributed by atoms with Crippen LogP contribution in [-0.4, -0.2) is 0 Å². The van der Waals surface area contributed by atoms with Gasteiger partial charge in [0.05, 0.1) is 0 Å². The third-order valence-electron chi connectivity index (χ3n) is 3.61. The van der Waals surface area contributed by atoms with Gasteiger partial charge in [-0.3, -0.25) is 0 Å². The lowest BCUT2D eigenvalue weighted by atomic mass is 10.0. The largest absolute Gasteiger partial charge is 0.488 e. The molecule has 0 bridgehead atoms. The normalized spacial score (nSPS) is 10.3. The van der Waals surface area contributed by atoms with Gasteiger partial charge in [0.15, 0.2) is 0 Å². The Labute approximate surface area is 135 Å². The monoisotopic (exact) mass is 304 g/mol. The highest BCUT2D eigenvalue weighted by Crippen LogP contribution is 2.32. The number of ether oxygens (including phenoxy) is 1. The average Bonchev–Trinajstić information content (AvgIpc) is 2.61. The molecule has 3 aromatic carbocycles. The smallest absolute Gasteiger partial charge is 0.127 e. The Bertz CT molecular complexity index is 809. The van der Waals surface area contributed by atoms with Crippen LogP contribution in [0.15, 0.2) is 79.4 Å². The first kappa shape index (κ1) is 15.0. The standard InChI is InChI=1S/C21H17FO/c1-2-16-11-12-21(23-15-17-7-4-3-5-8-17)20(13-16)18-9-6-10-19(22)14-18/h2-14H,1,15H2. The Morgan fingerprint density at radius 3 is 2.48 bits per heavy atom. The molecule has 0 heterocycles. The van der Waals surface area contributed by atoms with Gasteiger partial charge in [-0.25, -0.2) is 4.39 Å². The van der Waals surface area contributed by atoms with Crippen molar-refractivity contribution in [1.29, 1.82) is 0 Å². The van der Waals surface area contributed by atoms with E-state index in [4.69, 9.17) is 4.74 Å². The molecule has 0 unspecified atom stereocenters. The highest BCUT2D eigenvalue weighted by atomic mass is 19.1. The molecule has 0 fully saturated rings. The van der Waals surface area contributed by atoms with Crippen LogP contribution in [0, 0.1) is 5.82 Å². The topological polar surface area (TPSA) is 9.23 Å². The highest BCUT2D eigenvalue weighted by molar-refractivity contribution is 5.73. The molecular weight excluding hydrogens is 287 g/mol. The third kappa shape index (κ3) is 3.67. The van der Waals surface area contributed by atoms with Crippen LogP contribution in [0.4, 0.5) is 4.39 Å². The van der Waals surface area contributed by atoms with E-state index in [0.717, 1.165) is 28.0 Å². The number of hydrogen-bond donors (Lipinski definition) is 0. The zero-order valence-corrected chi connectivity index (χ0v) is 12.7. The lowest BCUT2D eigenvalue weighted by Crippen LogP contribution is -1.97. The van der Waals surface area contributed by atoms with Gasteiger partial charge in [-0.05, 0) is 41.0 Å². The van der Waals surface area contributed by atoms with Crippen LogP contribution in [0.3, 0.4) is 0 Å². The third-order valence-corrected chi connectivity index (χ3v) is 3.61. The molecule has 23 heavy (non-hydrogen) atoms. The summed E-state index contributed by atoms with van der Waals surface area (Å²) in [5.74, 6) is 0.463. The van der Waals surface area contributed by atoms with E-state index < -0.39 is 0 Å². The van der Waals surface area contributed by atoms with E-state index in [2.05, 4.69) is 6.58 Å². The lowest BCUT2D eigenvalue weighted by molar-refractivity contribution is 0.307. The molecule has 0 amide bonds. The minimum Gasteiger partial charge on any atom is -0.488 e. The number of hydrogen-bond acceptors (Lipinski definition) is 1. The quantitative estimate of drug-likeness (QED) is 0.586. The Morgan fingerprint density at radius 1 is 0.913 bits per heavy atom. The molecule has 2 heteroatoms. The van der Waals surface area contributed by atoms with Crippen molar-refractivity contribution in [3.63, 3.8) is 0 Å². The fraction of sp³-hybridized carbons (Fsp3) is 0.0476. The van der Waals surface area contributed by atoms with Crippen LogP contribution in [0.1, 0.15) is 11.1 Å². The summed E-state index contributed by atoms with van der Waals surface area (Å²) >= 11 is 0. The second-order valence-corrected chi connectivity index (χ2v) is 5.24. The van der Waals surface area contributed by atoms with Gasteiger partial charge >= 0.3 is 0 Å². The van der Waals surface area contributed by atoms with Gasteiger partial charge in [0.1, 0.15) is 18.2 Å². The van der Waals surface area contributed by atoms with Gasteiger partial charge < -0.3 is 4.74 Å². The summed E-state index contributed by atoms with van der Waals surface area (Å²) in [6, 6.07) is 22.3. The zero-order chi connectivity index (χ0) is 16.1. The maximum Gasteiger partial charge on any atom is 0.127 e. The van der Waals surface area contributed by atoms with Crippen LogP contribution in [0.2, 0.25) is 0 Å². The van der Waals surface area contributed by atoms with E-state index >= 15 is 0 Å². The molecular formula is C21H17FO. The van der Waals surface area contributed by atoms with E-state index in [1.54, 1.807) is 12.1 Å². The molecule has 0 aromatic heterocycles. The van der Waals surface area contributed by atoms with E-state index in [9.17, 15) is 4.39 Å². The highest BCUT2D eigenvalue weighted by Gasteiger charge is 2.08. The zero-order valence-electron chi connectivity index (χ0n) is 12.7. The van der Waals surface area contributed by atoms with Crippen LogP contribution in [0.5, 0.6) is 5.75 Å². The van der Waals surface area contributed by atoms with E-state index in [1.807, 2.05) is 54.6 Å². The van der Waals surface area contributed by atoms with Crippen molar-refractivity contribution in [2.75, 3.05) is 0 Å². The minimum absolute atomic E-state index is 0.263. The first-order chi connectivity index (χ1) is 11.3. The minimum atomic E-state index is -0.263. The molecule has 0 aliphatic rings. The summed E-state index contributed by atoms with van der Waals surface area (Å²) < 4.78 is 19.5.